The van der Waals surface area contributed by atoms with Crippen molar-refractivity contribution in [2.45, 2.75) is 13.1 Å². The van der Waals surface area contributed by atoms with Gasteiger partial charge in [-0.15, -0.1) is 0 Å². The van der Waals surface area contributed by atoms with E-state index in [4.69, 9.17) is 11.6 Å². The van der Waals surface area contributed by atoms with E-state index in [0.717, 1.165) is 4.47 Å². The summed E-state index contributed by atoms with van der Waals surface area (Å²) in [5.74, 6) is 0. The van der Waals surface area contributed by atoms with Crippen LogP contribution in [0.5, 0.6) is 0 Å². The predicted octanol–water partition coefficient (Wildman–Crippen LogP) is 4.65. The second-order valence-electron chi connectivity index (χ2n) is 4.67. The SMILES string of the molecule is O=C(Nc1cccc(Cl)c1)N1Cc2cccc(Br)c2C1. The van der Waals surface area contributed by atoms with Crippen LogP contribution in [-0.2, 0) is 13.1 Å². The van der Waals surface area contributed by atoms with Gasteiger partial charge >= 0.3 is 6.03 Å². The van der Waals surface area contributed by atoms with E-state index in [2.05, 4.69) is 21.2 Å². The number of fused-ring (bicyclic) bond motifs is 1. The van der Waals surface area contributed by atoms with Crippen molar-refractivity contribution >= 4 is 39.2 Å². The first-order valence-corrected chi connectivity index (χ1v) is 7.38. The van der Waals surface area contributed by atoms with E-state index in [0.29, 0.717) is 23.8 Å². The molecule has 2 amide bonds. The molecule has 3 rings (SSSR count). The molecule has 0 aliphatic carbocycles. The largest absolute Gasteiger partial charge is 0.322 e. The fourth-order valence-electron chi connectivity index (χ4n) is 2.29. The number of nitrogens with one attached hydrogen (secondary N) is 1. The third kappa shape index (κ3) is 2.67. The molecule has 1 aliphatic rings. The topological polar surface area (TPSA) is 32.3 Å². The molecule has 2 aromatic carbocycles. The van der Waals surface area contributed by atoms with Crippen molar-refractivity contribution < 1.29 is 4.79 Å². The van der Waals surface area contributed by atoms with E-state index >= 15 is 0 Å². The average Bonchev–Trinajstić information content (AvgIpc) is 2.84. The van der Waals surface area contributed by atoms with Gasteiger partial charge in [-0.05, 0) is 35.4 Å². The summed E-state index contributed by atoms with van der Waals surface area (Å²) in [6, 6.07) is 13.1. The summed E-state index contributed by atoms with van der Waals surface area (Å²) in [6.07, 6.45) is 0. The number of anilines is 1. The van der Waals surface area contributed by atoms with Crippen LogP contribution in [0.15, 0.2) is 46.9 Å². The molecule has 1 heterocycles. The number of carbonyl (C=O) groups is 1. The molecule has 0 radical (unpaired) electrons. The zero-order valence-electron chi connectivity index (χ0n) is 10.6. The minimum absolute atomic E-state index is 0.115. The minimum Gasteiger partial charge on any atom is -0.316 e. The Morgan fingerprint density at radius 2 is 2.00 bits per heavy atom. The highest BCUT2D eigenvalue weighted by Gasteiger charge is 2.24. The average molecular weight is 352 g/mol. The highest BCUT2D eigenvalue weighted by molar-refractivity contribution is 9.10. The van der Waals surface area contributed by atoms with Gasteiger partial charge in [-0.2, -0.15) is 0 Å². The third-order valence-electron chi connectivity index (χ3n) is 3.29. The smallest absolute Gasteiger partial charge is 0.316 e. The number of amides is 2. The van der Waals surface area contributed by atoms with Crippen molar-refractivity contribution in [3.63, 3.8) is 0 Å². The fourth-order valence-corrected chi connectivity index (χ4v) is 3.02. The second kappa shape index (κ2) is 5.46. The molecule has 0 atom stereocenters. The van der Waals surface area contributed by atoms with Gasteiger partial charge in [0.15, 0.2) is 0 Å². The summed E-state index contributed by atoms with van der Waals surface area (Å²) in [5.41, 5.74) is 3.06. The normalized spacial score (nSPS) is 13.2. The molecule has 0 fully saturated rings. The Morgan fingerprint density at radius 3 is 2.75 bits per heavy atom. The van der Waals surface area contributed by atoms with E-state index < -0.39 is 0 Å². The van der Waals surface area contributed by atoms with Crippen LogP contribution in [0.1, 0.15) is 11.1 Å². The molecule has 0 bridgehead atoms. The number of hydrogen-bond donors (Lipinski definition) is 1. The number of nitrogens with zero attached hydrogens (tertiary/aromatic N) is 1. The summed E-state index contributed by atoms with van der Waals surface area (Å²) >= 11 is 9.44. The molecule has 5 heteroatoms. The molecule has 20 heavy (non-hydrogen) atoms. The minimum atomic E-state index is -0.115. The van der Waals surface area contributed by atoms with Gasteiger partial charge < -0.3 is 10.2 Å². The van der Waals surface area contributed by atoms with E-state index in [9.17, 15) is 4.79 Å². The number of benzene rings is 2. The lowest BCUT2D eigenvalue weighted by atomic mass is 10.1. The molecule has 0 spiro atoms. The molecule has 0 aromatic heterocycles. The molecular formula is C15H12BrClN2O. The lowest BCUT2D eigenvalue weighted by Gasteiger charge is -2.16. The molecular weight excluding hydrogens is 340 g/mol. The van der Waals surface area contributed by atoms with Gasteiger partial charge in [0.1, 0.15) is 0 Å². The number of hydrogen-bond acceptors (Lipinski definition) is 1. The van der Waals surface area contributed by atoms with Crippen LogP contribution in [0.2, 0.25) is 5.02 Å². The van der Waals surface area contributed by atoms with E-state index in [1.165, 1.54) is 11.1 Å². The Bertz CT molecular complexity index is 675. The lowest BCUT2D eigenvalue weighted by Crippen LogP contribution is -2.30. The van der Waals surface area contributed by atoms with Gasteiger partial charge in [0.05, 0.1) is 0 Å². The zero-order chi connectivity index (χ0) is 14.1. The molecule has 0 saturated carbocycles. The number of rotatable bonds is 1. The lowest BCUT2D eigenvalue weighted by molar-refractivity contribution is 0.212. The van der Waals surface area contributed by atoms with Crippen molar-refractivity contribution in [1.29, 1.82) is 0 Å². The standard InChI is InChI=1S/C15H12BrClN2O/c16-14-6-1-3-10-8-19(9-13(10)14)15(20)18-12-5-2-4-11(17)7-12/h1-7H,8-9H2,(H,18,20). The van der Waals surface area contributed by atoms with E-state index in [-0.39, 0.29) is 6.03 Å². The van der Waals surface area contributed by atoms with Gasteiger partial charge in [-0.3, -0.25) is 0 Å². The van der Waals surface area contributed by atoms with Crippen molar-refractivity contribution in [1.82, 2.24) is 4.90 Å². The summed E-state index contributed by atoms with van der Waals surface area (Å²) in [5, 5.41) is 3.47. The van der Waals surface area contributed by atoms with E-state index in [1.807, 2.05) is 30.3 Å². The Balaban J connectivity index is 1.73. The predicted molar refractivity (Wildman–Crippen MR) is 83.9 cm³/mol. The molecule has 2 aromatic rings. The second-order valence-corrected chi connectivity index (χ2v) is 5.96. The molecule has 1 aliphatic heterocycles. The van der Waals surface area contributed by atoms with Crippen LogP contribution < -0.4 is 5.32 Å². The Hall–Kier alpha value is -1.52. The Morgan fingerprint density at radius 1 is 1.20 bits per heavy atom. The first-order chi connectivity index (χ1) is 9.63. The summed E-state index contributed by atoms with van der Waals surface area (Å²) in [7, 11) is 0. The molecule has 0 saturated heterocycles. The molecule has 0 unspecified atom stereocenters. The monoisotopic (exact) mass is 350 g/mol. The van der Waals surface area contributed by atoms with Crippen molar-refractivity contribution in [2.24, 2.45) is 0 Å². The first-order valence-electron chi connectivity index (χ1n) is 6.21. The van der Waals surface area contributed by atoms with Crippen LogP contribution in [0, 0.1) is 0 Å². The van der Waals surface area contributed by atoms with Crippen LogP contribution >= 0.6 is 27.5 Å². The van der Waals surface area contributed by atoms with E-state index in [1.54, 1.807) is 17.0 Å². The Kier molecular flexibility index (Phi) is 3.68. The molecule has 3 nitrogen and oxygen atoms in total. The van der Waals surface area contributed by atoms with Crippen molar-refractivity contribution in [3.05, 3.63) is 63.1 Å². The van der Waals surface area contributed by atoms with Gasteiger partial charge in [-0.1, -0.05) is 45.7 Å². The zero-order valence-corrected chi connectivity index (χ0v) is 12.9. The van der Waals surface area contributed by atoms with Crippen LogP contribution in [-0.4, -0.2) is 10.9 Å². The highest BCUT2D eigenvalue weighted by atomic mass is 79.9. The van der Waals surface area contributed by atoms with Crippen LogP contribution in [0.4, 0.5) is 10.5 Å². The van der Waals surface area contributed by atoms with Crippen molar-refractivity contribution in [3.8, 4) is 0 Å². The highest BCUT2D eigenvalue weighted by Crippen LogP contribution is 2.29. The van der Waals surface area contributed by atoms with Gasteiger partial charge in [-0.25, -0.2) is 4.79 Å². The number of halogens is 2. The first kappa shape index (κ1) is 13.5. The maximum absolute atomic E-state index is 12.3. The van der Waals surface area contributed by atoms with Crippen molar-refractivity contribution in [2.75, 3.05) is 5.32 Å². The van der Waals surface area contributed by atoms with Gasteiger partial charge in [0, 0.05) is 28.3 Å². The van der Waals surface area contributed by atoms with Gasteiger partial charge in [0.2, 0.25) is 0 Å². The number of carbonyl (C=O) groups excluding carboxylic acids is 1. The third-order valence-corrected chi connectivity index (χ3v) is 4.27. The Labute approximate surface area is 130 Å². The van der Waals surface area contributed by atoms with Gasteiger partial charge in [0.25, 0.3) is 0 Å². The summed E-state index contributed by atoms with van der Waals surface area (Å²) in [4.78, 5) is 14.0. The summed E-state index contributed by atoms with van der Waals surface area (Å²) < 4.78 is 1.05. The number of urea groups is 1. The summed E-state index contributed by atoms with van der Waals surface area (Å²) in [6.45, 7) is 1.24. The quantitative estimate of drug-likeness (QED) is 0.797. The van der Waals surface area contributed by atoms with Crippen LogP contribution in [0.25, 0.3) is 0 Å². The molecule has 102 valence electrons. The van der Waals surface area contributed by atoms with Crippen LogP contribution in [0.3, 0.4) is 0 Å². The fraction of sp³-hybridized carbons (Fsp3) is 0.133. The molecule has 1 N–H and O–H groups in total. The maximum atomic E-state index is 12.3. The maximum Gasteiger partial charge on any atom is 0.322 e.